The van der Waals surface area contributed by atoms with Crippen LogP contribution in [-0.4, -0.2) is 18.1 Å². The summed E-state index contributed by atoms with van der Waals surface area (Å²) in [5.41, 5.74) is 0.431. The van der Waals surface area contributed by atoms with Crippen LogP contribution in [0.4, 0.5) is 4.79 Å². The van der Waals surface area contributed by atoms with Gasteiger partial charge in [-0.25, -0.2) is 4.79 Å². The van der Waals surface area contributed by atoms with Crippen LogP contribution in [0.3, 0.4) is 0 Å². The highest BCUT2D eigenvalue weighted by Crippen LogP contribution is 2.34. The number of carbonyl (C=O) groups excluding carboxylic acids is 1. The van der Waals surface area contributed by atoms with E-state index in [1.54, 1.807) is 0 Å². The molecular weight excluding hydrogens is 224 g/mol. The van der Waals surface area contributed by atoms with Gasteiger partial charge in [0.2, 0.25) is 0 Å². The van der Waals surface area contributed by atoms with E-state index in [1.165, 1.54) is 19.3 Å². The van der Waals surface area contributed by atoms with Gasteiger partial charge in [-0.3, -0.25) is 0 Å². The summed E-state index contributed by atoms with van der Waals surface area (Å²) < 4.78 is 0. The van der Waals surface area contributed by atoms with Crippen LogP contribution < -0.4 is 10.6 Å². The Morgan fingerprint density at radius 3 is 2.17 bits per heavy atom. The first-order chi connectivity index (χ1) is 8.26. The lowest BCUT2D eigenvalue weighted by atomic mass is 9.76. The molecule has 106 valence electrons. The van der Waals surface area contributed by atoms with E-state index in [1.807, 2.05) is 13.8 Å². The molecule has 0 bridgehead atoms. The van der Waals surface area contributed by atoms with Crippen LogP contribution in [0, 0.1) is 11.3 Å². The number of rotatable bonds is 3. The minimum atomic E-state index is -0.00993. The number of hydrogen-bond donors (Lipinski definition) is 2. The van der Waals surface area contributed by atoms with Crippen LogP contribution in [0.15, 0.2) is 0 Å². The topological polar surface area (TPSA) is 41.1 Å². The first-order valence-electron chi connectivity index (χ1n) is 7.33. The van der Waals surface area contributed by atoms with Gasteiger partial charge >= 0.3 is 6.03 Å². The minimum Gasteiger partial charge on any atom is -0.336 e. The quantitative estimate of drug-likeness (QED) is 0.792. The number of carbonyl (C=O) groups is 1. The largest absolute Gasteiger partial charge is 0.336 e. The lowest BCUT2D eigenvalue weighted by Gasteiger charge is -2.33. The van der Waals surface area contributed by atoms with Crippen LogP contribution >= 0.6 is 0 Å². The fraction of sp³-hybridized carbons (Fsp3) is 0.933. The van der Waals surface area contributed by atoms with Gasteiger partial charge in [0.25, 0.3) is 0 Å². The number of amides is 2. The summed E-state index contributed by atoms with van der Waals surface area (Å²) in [6.45, 7) is 10.9. The molecule has 3 heteroatoms. The molecule has 18 heavy (non-hydrogen) atoms. The maximum atomic E-state index is 11.6. The molecule has 0 heterocycles. The second kappa shape index (κ2) is 6.44. The molecule has 3 nitrogen and oxygen atoms in total. The van der Waals surface area contributed by atoms with Crippen molar-refractivity contribution in [3.63, 3.8) is 0 Å². The molecule has 0 aromatic carbocycles. The average Bonchev–Trinajstić information content (AvgIpc) is 2.17. The molecule has 1 aliphatic rings. The van der Waals surface area contributed by atoms with E-state index in [0.717, 1.165) is 18.8 Å². The van der Waals surface area contributed by atoms with E-state index < -0.39 is 0 Å². The fourth-order valence-corrected chi connectivity index (χ4v) is 2.87. The zero-order valence-electron chi connectivity index (χ0n) is 12.7. The molecule has 0 saturated heterocycles. The molecule has 1 saturated carbocycles. The first kappa shape index (κ1) is 15.3. The summed E-state index contributed by atoms with van der Waals surface area (Å²) in [7, 11) is 0. The Labute approximate surface area is 112 Å². The molecule has 0 aliphatic heterocycles. The average molecular weight is 254 g/mol. The Kier molecular flexibility index (Phi) is 5.48. The molecule has 1 aliphatic carbocycles. The van der Waals surface area contributed by atoms with E-state index in [4.69, 9.17) is 0 Å². The summed E-state index contributed by atoms with van der Waals surface area (Å²) in [5.74, 6) is 0.844. The van der Waals surface area contributed by atoms with Crippen LogP contribution in [0.2, 0.25) is 0 Å². The Bertz CT molecular complexity index is 260. The summed E-state index contributed by atoms with van der Waals surface area (Å²) in [6.07, 6.45) is 6.07. The highest BCUT2D eigenvalue weighted by atomic mass is 16.2. The Hall–Kier alpha value is -0.730. The number of urea groups is 1. The molecule has 0 spiro atoms. The van der Waals surface area contributed by atoms with Crippen molar-refractivity contribution in [3.05, 3.63) is 0 Å². The second-order valence-electron chi connectivity index (χ2n) is 7.25. The third kappa shape index (κ3) is 6.27. The van der Waals surface area contributed by atoms with Gasteiger partial charge in [0.1, 0.15) is 0 Å². The van der Waals surface area contributed by atoms with Gasteiger partial charge in [0.05, 0.1) is 0 Å². The second-order valence-corrected chi connectivity index (χ2v) is 7.25. The Balaban J connectivity index is 2.25. The SMILES string of the molecule is CC(C)NC(=O)NC1CCC(CC(C)(C)C)CC1. The number of nitrogens with one attached hydrogen (secondary N) is 2. The first-order valence-corrected chi connectivity index (χ1v) is 7.33. The molecule has 0 unspecified atom stereocenters. The molecule has 2 N–H and O–H groups in total. The molecule has 2 amide bonds. The Morgan fingerprint density at radius 2 is 1.72 bits per heavy atom. The van der Waals surface area contributed by atoms with Gasteiger partial charge in [-0.2, -0.15) is 0 Å². The van der Waals surface area contributed by atoms with Crippen LogP contribution in [0.25, 0.3) is 0 Å². The minimum absolute atomic E-state index is 0.00993. The van der Waals surface area contributed by atoms with Crippen molar-refractivity contribution in [2.75, 3.05) is 0 Å². The van der Waals surface area contributed by atoms with Gasteiger partial charge < -0.3 is 10.6 Å². The third-order valence-electron chi connectivity index (χ3n) is 3.50. The fourth-order valence-electron chi connectivity index (χ4n) is 2.87. The summed E-state index contributed by atoms with van der Waals surface area (Å²) >= 11 is 0. The van der Waals surface area contributed by atoms with E-state index in [-0.39, 0.29) is 12.1 Å². The molecule has 0 radical (unpaired) electrons. The van der Waals surface area contributed by atoms with Crippen LogP contribution in [0.5, 0.6) is 0 Å². The van der Waals surface area contributed by atoms with Gasteiger partial charge in [-0.1, -0.05) is 20.8 Å². The van der Waals surface area contributed by atoms with E-state index in [2.05, 4.69) is 31.4 Å². The third-order valence-corrected chi connectivity index (χ3v) is 3.50. The highest BCUT2D eigenvalue weighted by Gasteiger charge is 2.25. The zero-order chi connectivity index (χ0) is 13.8. The standard InChI is InChI=1S/C15H30N2O/c1-11(2)16-14(18)17-13-8-6-12(7-9-13)10-15(3,4)5/h11-13H,6-10H2,1-5H3,(H2,16,17,18). The highest BCUT2D eigenvalue weighted by molar-refractivity contribution is 5.74. The van der Waals surface area contributed by atoms with Crippen LogP contribution in [-0.2, 0) is 0 Å². The van der Waals surface area contributed by atoms with Crippen molar-refractivity contribution < 1.29 is 4.79 Å². The lowest BCUT2D eigenvalue weighted by Crippen LogP contribution is -2.45. The van der Waals surface area contributed by atoms with Crippen molar-refractivity contribution >= 4 is 6.03 Å². The van der Waals surface area contributed by atoms with Crippen LogP contribution in [0.1, 0.15) is 66.7 Å². The predicted molar refractivity (Wildman–Crippen MR) is 76.6 cm³/mol. The van der Waals surface area contributed by atoms with Gasteiger partial charge in [0.15, 0.2) is 0 Å². The van der Waals surface area contributed by atoms with Crippen molar-refractivity contribution in [3.8, 4) is 0 Å². The van der Waals surface area contributed by atoms with Crippen molar-refractivity contribution in [1.29, 1.82) is 0 Å². The lowest BCUT2D eigenvalue weighted by molar-refractivity contribution is 0.205. The summed E-state index contributed by atoms with van der Waals surface area (Å²) in [5, 5.41) is 5.97. The smallest absolute Gasteiger partial charge is 0.315 e. The number of hydrogen-bond acceptors (Lipinski definition) is 1. The monoisotopic (exact) mass is 254 g/mol. The van der Waals surface area contributed by atoms with Gasteiger partial charge in [0, 0.05) is 12.1 Å². The Morgan fingerprint density at radius 1 is 1.17 bits per heavy atom. The molecule has 1 fully saturated rings. The normalized spacial score (nSPS) is 25.0. The summed E-state index contributed by atoms with van der Waals surface area (Å²) in [4.78, 5) is 11.6. The molecular formula is C15H30N2O. The van der Waals surface area contributed by atoms with Gasteiger partial charge in [-0.05, 0) is 57.3 Å². The van der Waals surface area contributed by atoms with E-state index in [0.29, 0.717) is 11.5 Å². The predicted octanol–water partition coefficient (Wildman–Crippen LogP) is 3.69. The van der Waals surface area contributed by atoms with Crippen molar-refractivity contribution in [2.24, 2.45) is 11.3 Å². The van der Waals surface area contributed by atoms with E-state index >= 15 is 0 Å². The molecule has 0 aromatic rings. The zero-order valence-corrected chi connectivity index (χ0v) is 12.7. The molecule has 1 rings (SSSR count). The van der Waals surface area contributed by atoms with E-state index in [9.17, 15) is 4.79 Å². The summed E-state index contributed by atoms with van der Waals surface area (Å²) in [6, 6.07) is 0.575. The maximum absolute atomic E-state index is 11.6. The van der Waals surface area contributed by atoms with Crippen molar-refractivity contribution in [2.45, 2.75) is 78.8 Å². The maximum Gasteiger partial charge on any atom is 0.315 e. The van der Waals surface area contributed by atoms with Crippen molar-refractivity contribution in [1.82, 2.24) is 10.6 Å². The van der Waals surface area contributed by atoms with Gasteiger partial charge in [-0.15, -0.1) is 0 Å². The molecule has 0 atom stereocenters. The molecule has 0 aromatic heterocycles.